The predicted octanol–water partition coefficient (Wildman–Crippen LogP) is 0.654. The summed E-state index contributed by atoms with van der Waals surface area (Å²) in [5, 5.41) is 19.1. The Hall–Kier alpha value is -2.54. The number of amides is 1. The highest BCUT2D eigenvalue weighted by molar-refractivity contribution is 6.03. The number of aliphatic hydroxyl groups is 1. The summed E-state index contributed by atoms with van der Waals surface area (Å²) < 4.78 is 1.39. The summed E-state index contributed by atoms with van der Waals surface area (Å²) in [5.41, 5.74) is 1.56. The van der Waals surface area contributed by atoms with E-state index in [1.54, 1.807) is 30.5 Å². The Balaban J connectivity index is 2.03. The molecule has 1 heterocycles. The SMILES string of the molecule is CC(=O)c1ccccc1NC(=O)Cn1cc(CCO)nn1. The highest BCUT2D eigenvalue weighted by Crippen LogP contribution is 2.15. The lowest BCUT2D eigenvalue weighted by Gasteiger charge is -2.08. The topological polar surface area (TPSA) is 97.1 Å². The number of nitrogens with one attached hydrogen (secondary N) is 1. The van der Waals surface area contributed by atoms with E-state index in [0.29, 0.717) is 23.4 Å². The van der Waals surface area contributed by atoms with Gasteiger partial charge in [-0.15, -0.1) is 5.10 Å². The Morgan fingerprint density at radius 1 is 1.33 bits per heavy atom. The van der Waals surface area contributed by atoms with Gasteiger partial charge in [0.2, 0.25) is 5.91 Å². The maximum absolute atomic E-state index is 12.0. The Morgan fingerprint density at radius 3 is 2.81 bits per heavy atom. The predicted molar refractivity (Wildman–Crippen MR) is 75.9 cm³/mol. The summed E-state index contributed by atoms with van der Waals surface area (Å²) in [6, 6.07) is 6.82. The molecule has 1 amide bonds. The number of carbonyl (C=O) groups is 2. The van der Waals surface area contributed by atoms with Crippen molar-refractivity contribution < 1.29 is 14.7 Å². The molecule has 0 aliphatic heterocycles. The van der Waals surface area contributed by atoms with Gasteiger partial charge in [-0.25, -0.2) is 4.68 Å². The maximum Gasteiger partial charge on any atom is 0.246 e. The van der Waals surface area contributed by atoms with Crippen LogP contribution in [0.25, 0.3) is 0 Å². The van der Waals surface area contributed by atoms with Crippen molar-refractivity contribution in [2.24, 2.45) is 0 Å². The zero-order valence-electron chi connectivity index (χ0n) is 11.6. The first-order valence-electron chi connectivity index (χ1n) is 6.50. The molecule has 0 fully saturated rings. The van der Waals surface area contributed by atoms with E-state index < -0.39 is 0 Å². The Morgan fingerprint density at radius 2 is 2.10 bits per heavy atom. The lowest BCUT2D eigenvalue weighted by molar-refractivity contribution is -0.116. The number of benzene rings is 1. The summed E-state index contributed by atoms with van der Waals surface area (Å²) in [7, 11) is 0. The van der Waals surface area contributed by atoms with E-state index in [1.165, 1.54) is 11.6 Å². The maximum atomic E-state index is 12.0. The average Bonchev–Trinajstić information content (AvgIpc) is 2.86. The van der Waals surface area contributed by atoms with E-state index in [1.807, 2.05) is 0 Å². The van der Waals surface area contributed by atoms with Crippen LogP contribution in [0, 0.1) is 0 Å². The van der Waals surface area contributed by atoms with Crippen molar-refractivity contribution in [2.75, 3.05) is 11.9 Å². The molecule has 2 N–H and O–H groups in total. The summed E-state index contributed by atoms with van der Waals surface area (Å²) in [5.74, 6) is -0.416. The number of hydrogen-bond donors (Lipinski definition) is 2. The van der Waals surface area contributed by atoms with Crippen molar-refractivity contribution in [3.05, 3.63) is 41.7 Å². The number of anilines is 1. The van der Waals surface area contributed by atoms with Crippen molar-refractivity contribution in [1.29, 1.82) is 0 Å². The highest BCUT2D eigenvalue weighted by Gasteiger charge is 2.11. The zero-order chi connectivity index (χ0) is 15.2. The number of nitrogens with zero attached hydrogens (tertiary/aromatic N) is 3. The molecule has 7 heteroatoms. The first-order valence-corrected chi connectivity index (χ1v) is 6.50. The highest BCUT2D eigenvalue weighted by atomic mass is 16.3. The summed E-state index contributed by atoms with van der Waals surface area (Å²) in [6.45, 7) is 1.42. The van der Waals surface area contributed by atoms with Crippen molar-refractivity contribution >= 4 is 17.4 Å². The molecule has 1 aromatic carbocycles. The van der Waals surface area contributed by atoms with Crippen molar-refractivity contribution in [3.63, 3.8) is 0 Å². The van der Waals surface area contributed by atoms with Gasteiger partial charge in [-0.1, -0.05) is 17.3 Å². The van der Waals surface area contributed by atoms with Crippen LogP contribution in [0.5, 0.6) is 0 Å². The number of para-hydroxylation sites is 1. The van der Waals surface area contributed by atoms with E-state index in [0.717, 1.165) is 0 Å². The molecule has 0 saturated heterocycles. The van der Waals surface area contributed by atoms with Gasteiger partial charge >= 0.3 is 0 Å². The summed E-state index contributed by atoms with van der Waals surface area (Å²) in [6.07, 6.45) is 2.00. The summed E-state index contributed by atoms with van der Waals surface area (Å²) in [4.78, 5) is 23.4. The number of aliphatic hydroxyl groups excluding tert-OH is 1. The second-order valence-corrected chi connectivity index (χ2v) is 4.53. The van der Waals surface area contributed by atoms with E-state index in [-0.39, 0.29) is 24.8 Å². The Labute approximate surface area is 121 Å². The smallest absolute Gasteiger partial charge is 0.246 e. The number of carbonyl (C=O) groups excluding carboxylic acids is 2. The normalized spacial score (nSPS) is 10.4. The van der Waals surface area contributed by atoms with Crippen LogP contribution < -0.4 is 5.32 Å². The molecule has 1 aromatic heterocycles. The van der Waals surface area contributed by atoms with Crippen LogP contribution in [0.15, 0.2) is 30.5 Å². The third-order valence-corrected chi connectivity index (χ3v) is 2.84. The molecule has 21 heavy (non-hydrogen) atoms. The van der Waals surface area contributed by atoms with Gasteiger partial charge in [0.15, 0.2) is 5.78 Å². The number of ketones is 1. The van der Waals surface area contributed by atoms with Crippen LogP contribution in [0.1, 0.15) is 23.0 Å². The monoisotopic (exact) mass is 288 g/mol. The number of rotatable bonds is 6. The molecule has 2 rings (SSSR count). The first-order chi connectivity index (χ1) is 10.1. The van der Waals surface area contributed by atoms with Gasteiger partial charge < -0.3 is 10.4 Å². The largest absolute Gasteiger partial charge is 0.396 e. The fourth-order valence-corrected chi connectivity index (χ4v) is 1.88. The molecule has 0 unspecified atom stereocenters. The number of Topliss-reactive ketones (excluding diaryl/α,β-unsaturated/α-hetero) is 1. The van der Waals surface area contributed by atoms with Gasteiger partial charge in [0.1, 0.15) is 6.54 Å². The van der Waals surface area contributed by atoms with Gasteiger partial charge in [-0.2, -0.15) is 0 Å². The second-order valence-electron chi connectivity index (χ2n) is 4.53. The van der Waals surface area contributed by atoms with E-state index in [9.17, 15) is 9.59 Å². The minimum Gasteiger partial charge on any atom is -0.396 e. The molecule has 0 radical (unpaired) electrons. The van der Waals surface area contributed by atoms with Crippen LogP contribution >= 0.6 is 0 Å². The molecular formula is C14H16N4O3. The van der Waals surface area contributed by atoms with Gasteiger partial charge in [0, 0.05) is 24.8 Å². The molecule has 2 aromatic rings. The van der Waals surface area contributed by atoms with Crippen LogP contribution in [0.4, 0.5) is 5.69 Å². The standard InChI is InChI=1S/C14H16N4O3/c1-10(20)12-4-2-3-5-13(12)15-14(21)9-18-8-11(6-7-19)16-17-18/h2-5,8,19H,6-7,9H2,1H3,(H,15,21). The second kappa shape index (κ2) is 6.76. The van der Waals surface area contributed by atoms with Gasteiger partial charge in [0.25, 0.3) is 0 Å². The number of aromatic nitrogens is 3. The van der Waals surface area contributed by atoms with Crippen molar-refractivity contribution in [2.45, 2.75) is 19.9 Å². The van der Waals surface area contributed by atoms with E-state index >= 15 is 0 Å². The minimum atomic E-state index is -0.302. The average molecular weight is 288 g/mol. The molecule has 0 aliphatic rings. The van der Waals surface area contributed by atoms with Crippen LogP contribution in [0.3, 0.4) is 0 Å². The van der Waals surface area contributed by atoms with Crippen LogP contribution in [0.2, 0.25) is 0 Å². The Bertz CT molecular complexity index is 651. The first kappa shape index (κ1) is 14.9. The molecular weight excluding hydrogens is 272 g/mol. The van der Waals surface area contributed by atoms with Crippen molar-refractivity contribution in [3.8, 4) is 0 Å². The lowest BCUT2D eigenvalue weighted by Crippen LogP contribution is -2.20. The van der Waals surface area contributed by atoms with Gasteiger partial charge in [0.05, 0.1) is 11.4 Å². The fourth-order valence-electron chi connectivity index (χ4n) is 1.88. The van der Waals surface area contributed by atoms with E-state index in [4.69, 9.17) is 5.11 Å². The molecule has 0 spiro atoms. The summed E-state index contributed by atoms with van der Waals surface area (Å²) >= 11 is 0. The van der Waals surface area contributed by atoms with Crippen LogP contribution in [-0.2, 0) is 17.8 Å². The molecule has 0 bridgehead atoms. The molecule has 7 nitrogen and oxygen atoms in total. The molecule has 110 valence electrons. The molecule has 0 atom stereocenters. The fraction of sp³-hybridized carbons (Fsp3) is 0.286. The third-order valence-electron chi connectivity index (χ3n) is 2.84. The molecule has 0 saturated carbocycles. The van der Waals surface area contributed by atoms with Gasteiger partial charge in [-0.05, 0) is 19.1 Å². The quantitative estimate of drug-likeness (QED) is 0.761. The lowest BCUT2D eigenvalue weighted by atomic mass is 10.1. The zero-order valence-corrected chi connectivity index (χ0v) is 11.6. The van der Waals surface area contributed by atoms with Gasteiger partial charge in [-0.3, -0.25) is 9.59 Å². The van der Waals surface area contributed by atoms with Crippen LogP contribution in [-0.4, -0.2) is 38.4 Å². The van der Waals surface area contributed by atoms with Crippen molar-refractivity contribution in [1.82, 2.24) is 15.0 Å². The Kier molecular flexibility index (Phi) is 4.78. The third kappa shape index (κ3) is 3.96. The number of hydrogen-bond acceptors (Lipinski definition) is 5. The van der Waals surface area contributed by atoms with E-state index in [2.05, 4.69) is 15.6 Å². The minimum absolute atomic E-state index is 0.00926. The molecule has 0 aliphatic carbocycles.